The highest BCUT2D eigenvalue weighted by Gasteiger charge is 2.21. The van der Waals surface area contributed by atoms with Crippen molar-refractivity contribution in [1.82, 2.24) is 10.2 Å². The maximum Gasteiger partial charge on any atom is 0.0678 e. The van der Waals surface area contributed by atoms with Gasteiger partial charge < -0.3 is 10.1 Å². The lowest BCUT2D eigenvalue weighted by Gasteiger charge is -2.35. The Morgan fingerprint density at radius 3 is 2.47 bits per heavy atom. The molecule has 1 saturated heterocycles. The van der Waals surface area contributed by atoms with Gasteiger partial charge in [-0.1, -0.05) is 6.92 Å². The highest BCUT2D eigenvalue weighted by atomic mass is 16.5. The van der Waals surface area contributed by atoms with Crippen LogP contribution in [0.2, 0.25) is 0 Å². The van der Waals surface area contributed by atoms with Gasteiger partial charge in [0.2, 0.25) is 0 Å². The molecule has 0 aromatic heterocycles. The van der Waals surface area contributed by atoms with Crippen molar-refractivity contribution in [3.8, 4) is 0 Å². The Morgan fingerprint density at radius 2 is 1.87 bits per heavy atom. The van der Waals surface area contributed by atoms with E-state index in [1.807, 2.05) is 0 Å². The van der Waals surface area contributed by atoms with Crippen molar-refractivity contribution in [2.24, 2.45) is 0 Å². The Kier molecular flexibility index (Phi) is 6.22. The summed E-state index contributed by atoms with van der Waals surface area (Å²) >= 11 is 0. The summed E-state index contributed by atoms with van der Waals surface area (Å²) < 4.78 is 5.70. The lowest BCUT2D eigenvalue weighted by molar-refractivity contribution is -0.0680. The zero-order valence-electron chi connectivity index (χ0n) is 10.5. The van der Waals surface area contributed by atoms with Crippen LogP contribution in [0.25, 0.3) is 0 Å². The molecule has 0 aromatic carbocycles. The summed E-state index contributed by atoms with van der Waals surface area (Å²) in [6.45, 7) is 12.2. The van der Waals surface area contributed by atoms with E-state index in [0.717, 1.165) is 26.2 Å². The molecule has 1 rings (SSSR count). The predicted octanol–water partition coefficient (Wildman–Crippen LogP) is 1.49. The zero-order valence-corrected chi connectivity index (χ0v) is 10.5. The third kappa shape index (κ3) is 5.50. The number of hydrogen-bond acceptors (Lipinski definition) is 3. The SMILES string of the molecule is CCCNCCCN1C[C@@H](C)O[C@@H](C)C1. The molecule has 0 amide bonds. The van der Waals surface area contributed by atoms with Crippen LogP contribution in [0.5, 0.6) is 0 Å². The molecular formula is C12H26N2O. The molecule has 0 radical (unpaired) electrons. The van der Waals surface area contributed by atoms with Crippen LogP contribution < -0.4 is 5.32 Å². The highest BCUT2D eigenvalue weighted by Crippen LogP contribution is 2.10. The van der Waals surface area contributed by atoms with E-state index in [9.17, 15) is 0 Å². The lowest BCUT2D eigenvalue weighted by Crippen LogP contribution is -2.46. The molecule has 1 heterocycles. The fourth-order valence-electron chi connectivity index (χ4n) is 2.20. The fourth-order valence-corrected chi connectivity index (χ4v) is 2.20. The molecule has 90 valence electrons. The van der Waals surface area contributed by atoms with Gasteiger partial charge in [0.15, 0.2) is 0 Å². The third-order valence-electron chi connectivity index (χ3n) is 2.75. The fraction of sp³-hybridized carbons (Fsp3) is 1.00. The van der Waals surface area contributed by atoms with E-state index in [0.29, 0.717) is 12.2 Å². The van der Waals surface area contributed by atoms with Crippen molar-refractivity contribution >= 4 is 0 Å². The quantitative estimate of drug-likeness (QED) is 0.678. The summed E-state index contributed by atoms with van der Waals surface area (Å²) in [6, 6.07) is 0. The maximum absolute atomic E-state index is 5.70. The summed E-state index contributed by atoms with van der Waals surface area (Å²) in [7, 11) is 0. The smallest absolute Gasteiger partial charge is 0.0678 e. The first-order valence-corrected chi connectivity index (χ1v) is 6.31. The average Bonchev–Trinajstić information content (AvgIpc) is 2.16. The van der Waals surface area contributed by atoms with Crippen LogP contribution in [0, 0.1) is 0 Å². The number of hydrogen-bond donors (Lipinski definition) is 1. The highest BCUT2D eigenvalue weighted by molar-refractivity contribution is 4.72. The van der Waals surface area contributed by atoms with Gasteiger partial charge in [-0.05, 0) is 46.3 Å². The Balaban J connectivity index is 2.04. The van der Waals surface area contributed by atoms with E-state index < -0.39 is 0 Å². The molecule has 0 bridgehead atoms. The van der Waals surface area contributed by atoms with Crippen LogP contribution in [-0.2, 0) is 4.74 Å². The van der Waals surface area contributed by atoms with Gasteiger partial charge in [0.05, 0.1) is 12.2 Å². The average molecular weight is 214 g/mol. The second-order valence-electron chi connectivity index (χ2n) is 4.62. The van der Waals surface area contributed by atoms with Crippen LogP contribution in [0.15, 0.2) is 0 Å². The molecule has 3 heteroatoms. The molecule has 0 unspecified atom stereocenters. The standard InChI is InChI=1S/C12H26N2O/c1-4-6-13-7-5-8-14-9-11(2)15-12(3)10-14/h11-13H,4-10H2,1-3H3/t11-,12+. The summed E-state index contributed by atoms with van der Waals surface area (Å²) in [6.07, 6.45) is 3.28. The van der Waals surface area contributed by atoms with Crippen molar-refractivity contribution in [2.45, 2.75) is 45.8 Å². The first kappa shape index (κ1) is 12.9. The minimum atomic E-state index is 0.400. The van der Waals surface area contributed by atoms with Crippen molar-refractivity contribution in [3.05, 3.63) is 0 Å². The largest absolute Gasteiger partial charge is 0.373 e. The Labute approximate surface area is 94.2 Å². The van der Waals surface area contributed by atoms with E-state index in [4.69, 9.17) is 4.74 Å². The normalized spacial score (nSPS) is 28.2. The van der Waals surface area contributed by atoms with Crippen molar-refractivity contribution < 1.29 is 4.74 Å². The summed E-state index contributed by atoms with van der Waals surface area (Å²) in [4.78, 5) is 2.52. The van der Waals surface area contributed by atoms with Gasteiger partial charge in [0.1, 0.15) is 0 Å². The van der Waals surface area contributed by atoms with Crippen molar-refractivity contribution in [2.75, 3.05) is 32.7 Å². The number of rotatable bonds is 6. The molecule has 0 spiro atoms. The molecule has 2 atom stereocenters. The molecule has 0 aromatic rings. The zero-order chi connectivity index (χ0) is 11.1. The van der Waals surface area contributed by atoms with Gasteiger partial charge in [-0.25, -0.2) is 0 Å². The molecule has 1 aliphatic rings. The minimum Gasteiger partial charge on any atom is -0.373 e. The monoisotopic (exact) mass is 214 g/mol. The van der Waals surface area contributed by atoms with Crippen LogP contribution >= 0.6 is 0 Å². The number of ether oxygens (including phenoxy) is 1. The van der Waals surface area contributed by atoms with E-state index in [1.54, 1.807) is 0 Å². The summed E-state index contributed by atoms with van der Waals surface area (Å²) in [5.41, 5.74) is 0. The Hall–Kier alpha value is -0.120. The maximum atomic E-state index is 5.70. The van der Waals surface area contributed by atoms with Crippen LogP contribution in [0.4, 0.5) is 0 Å². The van der Waals surface area contributed by atoms with E-state index in [2.05, 4.69) is 31.0 Å². The van der Waals surface area contributed by atoms with Gasteiger partial charge in [-0.2, -0.15) is 0 Å². The molecule has 0 saturated carbocycles. The van der Waals surface area contributed by atoms with Crippen molar-refractivity contribution in [1.29, 1.82) is 0 Å². The molecule has 1 fully saturated rings. The first-order chi connectivity index (χ1) is 7.22. The summed E-state index contributed by atoms with van der Waals surface area (Å²) in [5.74, 6) is 0. The van der Waals surface area contributed by atoms with Crippen molar-refractivity contribution in [3.63, 3.8) is 0 Å². The summed E-state index contributed by atoms with van der Waals surface area (Å²) in [5, 5.41) is 3.44. The van der Waals surface area contributed by atoms with E-state index >= 15 is 0 Å². The van der Waals surface area contributed by atoms with Gasteiger partial charge >= 0.3 is 0 Å². The minimum absolute atomic E-state index is 0.400. The number of nitrogens with zero attached hydrogens (tertiary/aromatic N) is 1. The second kappa shape index (κ2) is 7.20. The molecular weight excluding hydrogens is 188 g/mol. The van der Waals surface area contributed by atoms with Gasteiger partial charge in [-0.3, -0.25) is 4.90 Å². The van der Waals surface area contributed by atoms with Crippen LogP contribution in [0.3, 0.4) is 0 Å². The van der Waals surface area contributed by atoms with E-state index in [-0.39, 0.29) is 0 Å². The van der Waals surface area contributed by atoms with E-state index in [1.165, 1.54) is 19.4 Å². The Bertz CT molecular complexity index is 154. The lowest BCUT2D eigenvalue weighted by atomic mass is 10.2. The molecule has 3 nitrogen and oxygen atoms in total. The van der Waals surface area contributed by atoms with Gasteiger partial charge in [0, 0.05) is 13.1 Å². The molecule has 15 heavy (non-hydrogen) atoms. The predicted molar refractivity (Wildman–Crippen MR) is 64.2 cm³/mol. The first-order valence-electron chi connectivity index (χ1n) is 6.31. The Morgan fingerprint density at radius 1 is 1.20 bits per heavy atom. The molecule has 1 N–H and O–H groups in total. The second-order valence-corrected chi connectivity index (χ2v) is 4.62. The molecule has 0 aliphatic carbocycles. The molecule has 1 aliphatic heterocycles. The van der Waals surface area contributed by atoms with Crippen LogP contribution in [-0.4, -0.2) is 49.8 Å². The van der Waals surface area contributed by atoms with Gasteiger partial charge in [0.25, 0.3) is 0 Å². The third-order valence-corrected chi connectivity index (χ3v) is 2.75. The topological polar surface area (TPSA) is 24.5 Å². The van der Waals surface area contributed by atoms with Crippen LogP contribution in [0.1, 0.15) is 33.6 Å². The van der Waals surface area contributed by atoms with Gasteiger partial charge in [-0.15, -0.1) is 0 Å². The number of morpholine rings is 1. The number of nitrogens with one attached hydrogen (secondary N) is 1.